The monoisotopic (exact) mass is 707 g/mol. The SMILES string of the molecule is CC1c2c(OC3CCN(c4ncncc4Oc4ccc(F)cc4C(=O)N(C(C)C)C4CC(F)(F)C4)CC3)ccnc2CCN1CCCN1CCC1. The molecule has 1 saturated carbocycles. The van der Waals surface area contributed by atoms with Crippen molar-refractivity contribution < 1.29 is 27.4 Å². The first-order chi connectivity index (χ1) is 24.6. The van der Waals surface area contributed by atoms with Crippen molar-refractivity contribution in [1.29, 1.82) is 0 Å². The van der Waals surface area contributed by atoms with Crippen molar-refractivity contribution in [2.75, 3.05) is 50.7 Å². The number of amides is 1. The highest BCUT2D eigenvalue weighted by atomic mass is 19.3. The Morgan fingerprint density at radius 2 is 1.80 bits per heavy atom. The van der Waals surface area contributed by atoms with E-state index in [4.69, 9.17) is 14.5 Å². The highest BCUT2D eigenvalue weighted by molar-refractivity contribution is 5.97. The number of carbonyl (C=O) groups excluding carboxylic acids is 1. The second kappa shape index (κ2) is 14.9. The van der Waals surface area contributed by atoms with Crippen molar-refractivity contribution in [1.82, 2.24) is 29.7 Å². The first-order valence-electron chi connectivity index (χ1n) is 18.4. The Labute approximate surface area is 297 Å². The smallest absolute Gasteiger partial charge is 0.258 e. The first-order valence-corrected chi connectivity index (χ1v) is 18.4. The number of piperidine rings is 1. The molecule has 5 heterocycles. The number of pyridine rings is 1. The Kier molecular flexibility index (Phi) is 10.4. The molecule has 3 fully saturated rings. The Morgan fingerprint density at radius 3 is 2.51 bits per heavy atom. The number of halogens is 3. The van der Waals surface area contributed by atoms with Crippen LogP contribution < -0.4 is 14.4 Å². The van der Waals surface area contributed by atoms with E-state index >= 15 is 0 Å². The van der Waals surface area contributed by atoms with Crippen LogP contribution in [0.1, 0.15) is 87.0 Å². The van der Waals surface area contributed by atoms with E-state index in [9.17, 15) is 18.0 Å². The summed E-state index contributed by atoms with van der Waals surface area (Å²) in [6.07, 6.45) is 8.91. The van der Waals surface area contributed by atoms with Gasteiger partial charge in [-0.3, -0.25) is 14.7 Å². The van der Waals surface area contributed by atoms with Crippen molar-refractivity contribution in [2.45, 2.75) is 95.9 Å². The standard InChI is InChI=1S/C38H48F3N7O3/c1-25(2)48(28-21-38(40,41)22-28)37(49)30-20-27(39)6-7-32(30)51-34-23-42-24-44-36(34)47-17-9-29(10-18-47)50-33-8-12-43-31-11-19-46(26(3)35(31)33)16-5-15-45-13-4-14-45/h6-8,12,20,23-26,28-29H,4-5,9-11,13-19,21-22H2,1-3H3. The highest BCUT2D eigenvalue weighted by Crippen LogP contribution is 2.43. The van der Waals surface area contributed by atoms with Crippen molar-refractivity contribution in [3.63, 3.8) is 0 Å². The van der Waals surface area contributed by atoms with Crippen LogP contribution in [0, 0.1) is 5.82 Å². The number of hydrogen-bond acceptors (Lipinski definition) is 9. The van der Waals surface area contributed by atoms with E-state index in [1.165, 1.54) is 61.1 Å². The maximum Gasteiger partial charge on any atom is 0.258 e. The zero-order chi connectivity index (χ0) is 35.7. The highest BCUT2D eigenvalue weighted by Gasteiger charge is 2.50. The molecule has 2 aromatic heterocycles. The molecule has 274 valence electrons. The summed E-state index contributed by atoms with van der Waals surface area (Å²) in [6.45, 7) is 12.8. The number of alkyl halides is 2. The number of benzene rings is 1. The summed E-state index contributed by atoms with van der Waals surface area (Å²) in [5.74, 6) is -2.10. The molecule has 51 heavy (non-hydrogen) atoms. The van der Waals surface area contributed by atoms with Crippen molar-refractivity contribution in [3.05, 3.63) is 65.6 Å². The third kappa shape index (κ3) is 7.79. The van der Waals surface area contributed by atoms with Crippen LogP contribution in [-0.4, -0.2) is 105 Å². The van der Waals surface area contributed by atoms with Crippen LogP contribution in [0.4, 0.5) is 19.0 Å². The average molecular weight is 708 g/mol. The molecule has 7 rings (SSSR count). The number of carbonyl (C=O) groups is 1. The van der Waals surface area contributed by atoms with E-state index in [-0.39, 0.29) is 29.5 Å². The Hall–Kier alpha value is -3.97. The van der Waals surface area contributed by atoms with Gasteiger partial charge in [-0.15, -0.1) is 0 Å². The number of fused-ring (bicyclic) bond motifs is 1. The Balaban J connectivity index is 1.01. The Morgan fingerprint density at radius 1 is 1.02 bits per heavy atom. The summed E-state index contributed by atoms with van der Waals surface area (Å²) in [5, 5.41) is 0. The van der Waals surface area contributed by atoms with Gasteiger partial charge in [0.25, 0.3) is 11.8 Å². The maximum atomic E-state index is 14.5. The van der Waals surface area contributed by atoms with E-state index in [0.717, 1.165) is 56.4 Å². The van der Waals surface area contributed by atoms with Crippen LogP contribution >= 0.6 is 0 Å². The molecule has 0 spiro atoms. The molecule has 1 amide bonds. The van der Waals surface area contributed by atoms with Crippen LogP contribution in [0.5, 0.6) is 17.2 Å². The van der Waals surface area contributed by atoms with E-state index in [1.807, 2.05) is 12.3 Å². The van der Waals surface area contributed by atoms with Gasteiger partial charge in [0.15, 0.2) is 11.6 Å². The largest absolute Gasteiger partial charge is 0.490 e. The predicted molar refractivity (Wildman–Crippen MR) is 187 cm³/mol. The molecule has 4 aliphatic rings. The van der Waals surface area contributed by atoms with Gasteiger partial charge in [-0.1, -0.05) is 0 Å². The summed E-state index contributed by atoms with van der Waals surface area (Å²) < 4.78 is 55.0. The zero-order valence-corrected chi connectivity index (χ0v) is 29.7. The number of ether oxygens (including phenoxy) is 2. The van der Waals surface area contributed by atoms with Crippen LogP contribution in [0.2, 0.25) is 0 Å². The molecule has 0 bridgehead atoms. The van der Waals surface area contributed by atoms with Gasteiger partial charge in [-0.05, 0) is 84.1 Å². The number of hydrogen-bond donors (Lipinski definition) is 0. The molecular formula is C38H48F3N7O3. The van der Waals surface area contributed by atoms with Crippen LogP contribution in [-0.2, 0) is 6.42 Å². The zero-order valence-electron chi connectivity index (χ0n) is 29.7. The Bertz CT molecular complexity index is 1690. The molecule has 2 saturated heterocycles. The molecule has 3 aromatic rings. The second-order valence-corrected chi connectivity index (χ2v) is 14.7. The summed E-state index contributed by atoms with van der Waals surface area (Å²) in [5.41, 5.74) is 2.29. The van der Waals surface area contributed by atoms with Gasteiger partial charge in [-0.25, -0.2) is 23.1 Å². The minimum atomic E-state index is -2.81. The van der Waals surface area contributed by atoms with Gasteiger partial charge in [-0.2, -0.15) is 0 Å². The van der Waals surface area contributed by atoms with Crippen LogP contribution in [0.3, 0.4) is 0 Å². The third-order valence-electron chi connectivity index (χ3n) is 10.8. The number of anilines is 1. The molecule has 1 aliphatic carbocycles. The maximum absolute atomic E-state index is 14.5. The molecular weight excluding hydrogens is 659 g/mol. The van der Waals surface area contributed by atoms with Gasteiger partial charge in [0, 0.05) is 81.6 Å². The molecule has 10 nitrogen and oxygen atoms in total. The summed E-state index contributed by atoms with van der Waals surface area (Å²) >= 11 is 0. The predicted octanol–water partition coefficient (Wildman–Crippen LogP) is 6.51. The minimum absolute atomic E-state index is 0.00942. The molecule has 13 heteroatoms. The quantitative estimate of drug-likeness (QED) is 0.209. The van der Waals surface area contributed by atoms with E-state index in [0.29, 0.717) is 24.7 Å². The molecule has 1 unspecified atom stereocenters. The lowest BCUT2D eigenvalue weighted by Crippen LogP contribution is -2.55. The lowest BCUT2D eigenvalue weighted by atomic mass is 9.85. The molecule has 1 atom stereocenters. The number of nitrogens with zero attached hydrogens (tertiary/aromatic N) is 7. The molecule has 3 aliphatic heterocycles. The van der Waals surface area contributed by atoms with Gasteiger partial charge < -0.3 is 24.2 Å². The summed E-state index contributed by atoms with van der Waals surface area (Å²) in [6, 6.07) is 4.93. The number of likely N-dealkylation sites (tertiary alicyclic amines) is 1. The first kappa shape index (κ1) is 35.4. The van der Waals surface area contributed by atoms with E-state index < -0.39 is 36.5 Å². The van der Waals surface area contributed by atoms with Crippen LogP contribution in [0.15, 0.2) is 43.0 Å². The van der Waals surface area contributed by atoms with E-state index in [2.05, 4.69) is 31.6 Å². The van der Waals surface area contributed by atoms with E-state index in [1.54, 1.807) is 13.8 Å². The third-order valence-corrected chi connectivity index (χ3v) is 10.8. The van der Waals surface area contributed by atoms with Crippen LogP contribution in [0.25, 0.3) is 0 Å². The van der Waals surface area contributed by atoms with Crippen molar-refractivity contribution >= 4 is 11.7 Å². The van der Waals surface area contributed by atoms with Gasteiger partial charge in [0.2, 0.25) is 0 Å². The normalized spacial score (nSPS) is 21.2. The minimum Gasteiger partial charge on any atom is -0.490 e. The second-order valence-electron chi connectivity index (χ2n) is 14.7. The molecule has 1 aromatic carbocycles. The van der Waals surface area contributed by atoms with Gasteiger partial charge >= 0.3 is 0 Å². The molecule has 0 radical (unpaired) electrons. The summed E-state index contributed by atoms with van der Waals surface area (Å²) in [7, 11) is 0. The van der Waals surface area contributed by atoms with Gasteiger partial charge in [0.1, 0.15) is 29.7 Å². The topological polar surface area (TPSA) is 87.2 Å². The van der Waals surface area contributed by atoms with Crippen molar-refractivity contribution in [3.8, 4) is 17.2 Å². The number of aromatic nitrogens is 3. The number of rotatable bonds is 12. The lowest BCUT2D eigenvalue weighted by Gasteiger charge is -2.44. The summed E-state index contributed by atoms with van der Waals surface area (Å²) in [4.78, 5) is 35.7. The fourth-order valence-corrected chi connectivity index (χ4v) is 7.93. The molecule has 0 N–H and O–H groups in total. The van der Waals surface area contributed by atoms with Crippen molar-refractivity contribution in [2.24, 2.45) is 0 Å². The fraction of sp³-hybridized carbons (Fsp3) is 0.579. The van der Waals surface area contributed by atoms with Gasteiger partial charge in [0.05, 0.1) is 17.5 Å². The lowest BCUT2D eigenvalue weighted by molar-refractivity contribution is -0.120. The fourth-order valence-electron chi connectivity index (χ4n) is 7.93. The average Bonchev–Trinajstić information content (AvgIpc) is 3.07.